The second-order valence-corrected chi connectivity index (χ2v) is 8.09. The molecule has 2 heterocycles. The zero-order chi connectivity index (χ0) is 24.5. The van der Waals surface area contributed by atoms with Crippen LogP contribution in [-0.4, -0.2) is 23.0 Å². The van der Waals surface area contributed by atoms with Gasteiger partial charge >= 0.3 is 12.4 Å². The van der Waals surface area contributed by atoms with E-state index in [0.29, 0.717) is 18.8 Å². The van der Waals surface area contributed by atoms with Crippen molar-refractivity contribution in [1.82, 2.24) is 9.88 Å². The van der Waals surface area contributed by atoms with E-state index in [4.69, 9.17) is 4.74 Å². The van der Waals surface area contributed by atoms with Crippen molar-refractivity contribution in [3.63, 3.8) is 0 Å². The second kappa shape index (κ2) is 10.5. The van der Waals surface area contributed by atoms with Crippen LogP contribution in [0, 0.1) is 0 Å². The molecule has 2 aromatic carbocycles. The van der Waals surface area contributed by atoms with Crippen LogP contribution in [0.2, 0.25) is 0 Å². The fraction of sp³-hybridized carbons (Fsp3) is 0.320. The normalized spacial score (nSPS) is 15.4. The van der Waals surface area contributed by atoms with Gasteiger partial charge in [-0.15, -0.1) is 12.4 Å². The molecule has 1 atom stereocenters. The SMILES string of the molecule is CCC(c1cc(C(F)(F)F)cc(C(F)(F)F)c1)N1CCOc2nccc(-c3ccccc3)c2C1.Cl. The average Bonchev–Trinajstić information content (AvgIpc) is 3.01. The van der Waals surface area contributed by atoms with Crippen molar-refractivity contribution in [3.05, 3.63) is 83.0 Å². The lowest BCUT2D eigenvalue weighted by molar-refractivity contribution is -0.143. The van der Waals surface area contributed by atoms with Crippen LogP contribution in [0.3, 0.4) is 0 Å². The molecule has 3 nitrogen and oxygen atoms in total. The number of pyridine rings is 1. The van der Waals surface area contributed by atoms with Crippen molar-refractivity contribution in [1.29, 1.82) is 0 Å². The smallest absolute Gasteiger partial charge is 0.416 e. The lowest BCUT2D eigenvalue weighted by Crippen LogP contribution is -2.31. The summed E-state index contributed by atoms with van der Waals surface area (Å²) >= 11 is 0. The number of nitrogens with zero attached hydrogens (tertiary/aromatic N) is 2. The zero-order valence-corrected chi connectivity index (χ0v) is 19.5. The molecule has 0 amide bonds. The molecule has 35 heavy (non-hydrogen) atoms. The molecule has 0 aliphatic carbocycles. The van der Waals surface area contributed by atoms with Gasteiger partial charge in [0.1, 0.15) is 6.61 Å². The van der Waals surface area contributed by atoms with Crippen molar-refractivity contribution in [3.8, 4) is 17.0 Å². The van der Waals surface area contributed by atoms with Crippen LogP contribution in [0.25, 0.3) is 11.1 Å². The highest BCUT2D eigenvalue weighted by atomic mass is 35.5. The number of fused-ring (bicyclic) bond motifs is 1. The van der Waals surface area contributed by atoms with Crippen molar-refractivity contribution in [2.45, 2.75) is 38.3 Å². The molecule has 1 aromatic heterocycles. The Balaban J connectivity index is 0.00000342. The molecule has 188 valence electrons. The minimum atomic E-state index is -4.90. The lowest BCUT2D eigenvalue weighted by atomic mass is 9.95. The molecule has 0 fully saturated rings. The topological polar surface area (TPSA) is 25.4 Å². The van der Waals surface area contributed by atoms with Gasteiger partial charge < -0.3 is 4.74 Å². The predicted octanol–water partition coefficient (Wildman–Crippen LogP) is 7.55. The van der Waals surface area contributed by atoms with E-state index in [1.54, 1.807) is 13.1 Å². The van der Waals surface area contributed by atoms with Gasteiger partial charge in [0.15, 0.2) is 0 Å². The number of aromatic nitrogens is 1. The van der Waals surface area contributed by atoms with E-state index in [9.17, 15) is 26.3 Å². The first-order valence-electron chi connectivity index (χ1n) is 10.8. The maximum absolute atomic E-state index is 13.4. The summed E-state index contributed by atoms with van der Waals surface area (Å²) in [6.45, 7) is 2.54. The minimum Gasteiger partial charge on any atom is -0.476 e. The fourth-order valence-corrected chi connectivity index (χ4v) is 4.32. The number of ether oxygens (including phenoxy) is 1. The van der Waals surface area contributed by atoms with E-state index < -0.39 is 29.5 Å². The third-order valence-corrected chi connectivity index (χ3v) is 5.90. The summed E-state index contributed by atoms with van der Waals surface area (Å²) in [5, 5.41) is 0. The highest BCUT2D eigenvalue weighted by Gasteiger charge is 2.38. The number of alkyl halides is 6. The minimum absolute atomic E-state index is 0. The molecule has 0 radical (unpaired) electrons. The van der Waals surface area contributed by atoms with Crippen LogP contribution in [0.1, 0.15) is 41.6 Å². The van der Waals surface area contributed by atoms with Gasteiger partial charge in [-0.25, -0.2) is 4.98 Å². The maximum atomic E-state index is 13.4. The molecule has 4 rings (SSSR count). The Hall–Kier alpha value is -2.78. The molecule has 1 aliphatic heterocycles. The summed E-state index contributed by atoms with van der Waals surface area (Å²) in [5.41, 5.74) is -0.140. The largest absolute Gasteiger partial charge is 0.476 e. The summed E-state index contributed by atoms with van der Waals surface area (Å²) in [6.07, 6.45) is -7.86. The fourth-order valence-electron chi connectivity index (χ4n) is 4.32. The van der Waals surface area contributed by atoms with Crippen LogP contribution < -0.4 is 4.74 Å². The van der Waals surface area contributed by atoms with E-state index in [2.05, 4.69) is 4.98 Å². The van der Waals surface area contributed by atoms with Crippen molar-refractivity contribution in [2.75, 3.05) is 13.2 Å². The lowest BCUT2D eigenvalue weighted by Gasteiger charge is -2.31. The van der Waals surface area contributed by atoms with Crippen LogP contribution in [0.5, 0.6) is 5.88 Å². The summed E-state index contributed by atoms with van der Waals surface area (Å²) in [7, 11) is 0. The summed E-state index contributed by atoms with van der Waals surface area (Å²) in [5.74, 6) is 0.415. The molecule has 0 saturated heterocycles. The van der Waals surface area contributed by atoms with Gasteiger partial charge in [-0.3, -0.25) is 4.90 Å². The van der Waals surface area contributed by atoms with Crippen LogP contribution in [0.4, 0.5) is 26.3 Å². The molecular weight excluding hydrogens is 494 g/mol. The molecule has 0 bridgehead atoms. The molecule has 10 heteroatoms. The van der Waals surface area contributed by atoms with Gasteiger partial charge in [0, 0.05) is 30.9 Å². The highest BCUT2D eigenvalue weighted by molar-refractivity contribution is 5.85. The van der Waals surface area contributed by atoms with E-state index in [0.717, 1.165) is 28.8 Å². The van der Waals surface area contributed by atoms with Crippen molar-refractivity contribution < 1.29 is 31.1 Å². The van der Waals surface area contributed by atoms with E-state index >= 15 is 0 Å². The number of hydrogen-bond acceptors (Lipinski definition) is 3. The molecule has 0 N–H and O–H groups in total. The molecular formula is C25H23ClF6N2O. The molecule has 3 aromatic rings. The molecule has 0 saturated carbocycles. The molecule has 0 spiro atoms. The summed E-state index contributed by atoms with van der Waals surface area (Å²) in [6, 6.07) is 12.4. The zero-order valence-electron chi connectivity index (χ0n) is 18.7. The summed E-state index contributed by atoms with van der Waals surface area (Å²) in [4.78, 5) is 6.16. The van der Waals surface area contributed by atoms with Gasteiger partial charge in [0.05, 0.1) is 11.1 Å². The quantitative estimate of drug-likeness (QED) is 0.335. The Bertz CT molecular complexity index is 1120. The first-order chi connectivity index (χ1) is 16.1. The van der Waals surface area contributed by atoms with Crippen LogP contribution in [0.15, 0.2) is 60.8 Å². The number of hydrogen-bond donors (Lipinski definition) is 0. The average molecular weight is 517 g/mol. The first kappa shape index (κ1) is 26.8. The third kappa shape index (κ3) is 5.90. The number of rotatable bonds is 4. The van der Waals surface area contributed by atoms with Gasteiger partial charge in [-0.05, 0) is 47.4 Å². The Kier molecular flexibility index (Phi) is 8.01. The predicted molar refractivity (Wildman–Crippen MR) is 122 cm³/mol. The Labute approximate surface area is 205 Å². The van der Waals surface area contributed by atoms with Gasteiger partial charge in [0.25, 0.3) is 0 Å². The Morgan fingerprint density at radius 3 is 2.14 bits per heavy atom. The Morgan fingerprint density at radius 2 is 1.57 bits per heavy atom. The maximum Gasteiger partial charge on any atom is 0.416 e. The summed E-state index contributed by atoms with van der Waals surface area (Å²) < 4.78 is 86.4. The van der Waals surface area contributed by atoms with E-state index in [1.165, 1.54) is 0 Å². The molecule has 1 unspecified atom stereocenters. The van der Waals surface area contributed by atoms with Gasteiger partial charge in [0.2, 0.25) is 5.88 Å². The number of halogens is 7. The second-order valence-electron chi connectivity index (χ2n) is 8.09. The first-order valence-corrected chi connectivity index (χ1v) is 10.8. The van der Waals surface area contributed by atoms with Crippen molar-refractivity contribution >= 4 is 12.4 Å². The molecule has 1 aliphatic rings. The number of benzene rings is 2. The third-order valence-electron chi connectivity index (χ3n) is 5.90. The van der Waals surface area contributed by atoms with Crippen LogP contribution >= 0.6 is 12.4 Å². The van der Waals surface area contributed by atoms with Crippen molar-refractivity contribution in [2.24, 2.45) is 0 Å². The highest BCUT2D eigenvalue weighted by Crippen LogP contribution is 2.40. The monoisotopic (exact) mass is 516 g/mol. The van der Waals surface area contributed by atoms with Crippen LogP contribution in [-0.2, 0) is 18.9 Å². The van der Waals surface area contributed by atoms with Gasteiger partial charge in [-0.1, -0.05) is 37.3 Å². The standard InChI is InChI=1S/C25H22F6N2O.ClH/c1-2-22(17-12-18(24(26,27)28)14-19(13-17)25(29,30)31)33-10-11-34-23-21(15-33)20(8-9-32-23)16-6-4-3-5-7-16;/h3-9,12-14,22H,2,10-11,15H2,1H3;1H. The van der Waals surface area contributed by atoms with E-state index in [1.807, 2.05) is 41.3 Å². The Morgan fingerprint density at radius 1 is 0.943 bits per heavy atom. The van der Waals surface area contributed by atoms with E-state index in [-0.39, 0.29) is 37.2 Å². The van der Waals surface area contributed by atoms with Gasteiger partial charge in [-0.2, -0.15) is 26.3 Å².